The fourth-order valence-electron chi connectivity index (χ4n) is 4.73. The molecule has 0 amide bonds. The molecule has 0 aliphatic carbocycles. The second-order valence-corrected chi connectivity index (χ2v) is 9.59. The summed E-state index contributed by atoms with van der Waals surface area (Å²) in [6.45, 7) is 8.16. The predicted octanol–water partition coefficient (Wildman–Crippen LogP) is 4.17. The molecule has 0 radical (unpaired) electrons. The van der Waals surface area contributed by atoms with Crippen LogP contribution in [0.2, 0.25) is 0 Å². The Balaban J connectivity index is 1.57. The van der Waals surface area contributed by atoms with Gasteiger partial charge in [-0.15, -0.1) is 0 Å². The summed E-state index contributed by atoms with van der Waals surface area (Å²) in [7, 11) is 1.72. The third kappa shape index (κ3) is 4.90. The summed E-state index contributed by atoms with van der Waals surface area (Å²) < 4.78 is 13.5. The van der Waals surface area contributed by atoms with Crippen molar-refractivity contribution in [1.29, 1.82) is 0 Å². The summed E-state index contributed by atoms with van der Waals surface area (Å²) in [5, 5.41) is 8.17. The summed E-state index contributed by atoms with van der Waals surface area (Å²) in [6, 6.07) is 15.1. The first-order chi connectivity index (χ1) is 17.0. The molecule has 1 aliphatic rings. The quantitative estimate of drug-likeness (QED) is 0.335. The second-order valence-electron chi connectivity index (χ2n) is 9.59. The van der Waals surface area contributed by atoms with Crippen LogP contribution in [0.3, 0.4) is 0 Å². The van der Waals surface area contributed by atoms with Crippen LogP contribution in [0, 0.1) is 5.92 Å². The van der Waals surface area contributed by atoms with E-state index in [0.29, 0.717) is 18.5 Å². The summed E-state index contributed by atoms with van der Waals surface area (Å²) in [5.74, 6) is 2.36. The molecule has 2 aromatic heterocycles. The molecule has 0 spiro atoms. The van der Waals surface area contributed by atoms with Crippen LogP contribution < -0.4 is 21.1 Å². The molecular weight excluding hydrogens is 440 g/mol. The van der Waals surface area contributed by atoms with E-state index >= 15 is 0 Å². The van der Waals surface area contributed by atoms with Crippen molar-refractivity contribution in [3.63, 3.8) is 0 Å². The smallest absolute Gasteiger partial charge is 0.222 e. The number of para-hydroxylation sites is 1. The van der Waals surface area contributed by atoms with Gasteiger partial charge in [0.2, 0.25) is 5.95 Å². The first-order valence-corrected chi connectivity index (χ1v) is 12.3. The van der Waals surface area contributed by atoms with E-state index in [-0.39, 0.29) is 5.95 Å². The predicted molar refractivity (Wildman–Crippen MR) is 141 cm³/mol. The molecule has 2 aromatic carbocycles. The van der Waals surface area contributed by atoms with Gasteiger partial charge in [0, 0.05) is 36.7 Å². The molecular formula is C27H34N6O2. The Labute approximate surface area is 205 Å². The largest absolute Gasteiger partial charge is 0.496 e. The topological polar surface area (TPSA) is 99.2 Å². The fraction of sp³-hybridized carbons (Fsp3) is 0.407. The van der Waals surface area contributed by atoms with E-state index in [1.54, 1.807) is 7.11 Å². The van der Waals surface area contributed by atoms with Crippen molar-refractivity contribution in [2.24, 2.45) is 5.92 Å². The summed E-state index contributed by atoms with van der Waals surface area (Å²) in [4.78, 5) is 9.23. The first-order valence-electron chi connectivity index (χ1n) is 12.3. The second kappa shape index (κ2) is 10.1. The lowest BCUT2D eigenvalue weighted by atomic mass is 10.1. The average molecular weight is 475 g/mol. The number of methoxy groups -OCH3 is 1. The van der Waals surface area contributed by atoms with Crippen molar-refractivity contribution in [3.05, 3.63) is 53.6 Å². The Kier molecular flexibility index (Phi) is 6.74. The Morgan fingerprint density at radius 3 is 2.83 bits per heavy atom. The van der Waals surface area contributed by atoms with Gasteiger partial charge in [0.05, 0.1) is 25.8 Å². The highest BCUT2D eigenvalue weighted by atomic mass is 16.5. The molecule has 35 heavy (non-hydrogen) atoms. The number of anilines is 2. The normalized spacial score (nSPS) is 15.9. The lowest BCUT2D eigenvalue weighted by molar-refractivity contribution is 0.190. The number of fused-ring (bicyclic) bond motifs is 3. The maximum Gasteiger partial charge on any atom is 0.222 e. The average Bonchev–Trinajstić information content (AvgIpc) is 3.48. The molecule has 1 unspecified atom stereocenters. The number of ether oxygens (including phenoxy) is 2. The Morgan fingerprint density at radius 2 is 2.06 bits per heavy atom. The van der Waals surface area contributed by atoms with Crippen LogP contribution in [0.5, 0.6) is 5.75 Å². The molecule has 1 saturated heterocycles. The number of nitrogens with one attached hydrogen (secondary N) is 2. The lowest BCUT2D eigenvalue weighted by Gasteiger charge is -2.16. The van der Waals surface area contributed by atoms with Crippen molar-refractivity contribution in [2.75, 3.05) is 37.9 Å². The number of aromatic nitrogens is 3. The van der Waals surface area contributed by atoms with Crippen molar-refractivity contribution in [3.8, 4) is 5.75 Å². The zero-order chi connectivity index (χ0) is 24.4. The highest BCUT2D eigenvalue weighted by Gasteiger charge is 2.20. The molecule has 4 N–H and O–H groups in total. The maximum absolute atomic E-state index is 6.13. The zero-order valence-electron chi connectivity index (χ0n) is 20.7. The maximum atomic E-state index is 6.13. The molecule has 1 aliphatic heterocycles. The van der Waals surface area contributed by atoms with Crippen molar-refractivity contribution in [2.45, 2.75) is 39.4 Å². The van der Waals surface area contributed by atoms with Crippen molar-refractivity contribution in [1.82, 2.24) is 19.9 Å². The molecule has 1 fully saturated rings. The van der Waals surface area contributed by atoms with Crippen LogP contribution in [0.4, 0.5) is 11.8 Å². The highest BCUT2D eigenvalue weighted by molar-refractivity contribution is 6.09. The van der Waals surface area contributed by atoms with Gasteiger partial charge in [-0.25, -0.2) is 4.98 Å². The third-order valence-corrected chi connectivity index (χ3v) is 6.50. The Morgan fingerprint density at radius 1 is 1.20 bits per heavy atom. The SMILES string of the molecule is COc1ccc(CNC2CCOC2)cc1Cn1c2ccccc2c2nc(N)nc(NCC(C)C)c21. The number of hydrogen-bond acceptors (Lipinski definition) is 7. The fourth-order valence-corrected chi connectivity index (χ4v) is 4.73. The van der Waals surface area contributed by atoms with Crippen LogP contribution in [-0.2, 0) is 17.8 Å². The monoisotopic (exact) mass is 474 g/mol. The Bertz CT molecular complexity index is 1330. The summed E-state index contributed by atoms with van der Waals surface area (Å²) in [6.07, 6.45) is 1.06. The first kappa shape index (κ1) is 23.4. The zero-order valence-corrected chi connectivity index (χ0v) is 20.7. The molecule has 3 heterocycles. The van der Waals surface area contributed by atoms with E-state index in [1.165, 1.54) is 5.56 Å². The van der Waals surface area contributed by atoms with Gasteiger partial charge >= 0.3 is 0 Å². The van der Waals surface area contributed by atoms with Gasteiger partial charge in [-0.3, -0.25) is 0 Å². The number of rotatable bonds is 9. The van der Waals surface area contributed by atoms with E-state index < -0.39 is 0 Å². The van der Waals surface area contributed by atoms with Crippen molar-refractivity contribution >= 4 is 33.7 Å². The standard InChI is InChI=1S/C27H34N6O2/c1-17(2)13-30-26-25-24(31-27(28)32-26)21-6-4-5-7-22(21)33(25)15-19-12-18(8-9-23(19)34-3)14-29-20-10-11-35-16-20/h4-9,12,17,20,29H,10-11,13-16H2,1-3H3,(H3,28,30,31,32). The van der Waals surface area contributed by atoms with Gasteiger partial charge in [-0.2, -0.15) is 4.98 Å². The molecule has 1 atom stereocenters. The lowest BCUT2D eigenvalue weighted by Crippen LogP contribution is -2.28. The van der Waals surface area contributed by atoms with E-state index in [4.69, 9.17) is 15.2 Å². The van der Waals surface area contributed by atoms with Gasteiger partial charge in [-0.05, 0) is 36.1 Å². The van der Waals surface area contributed by atoms with Gasteiger partial charge in [-0.1, -0.05) is 38.1 Å². The van der Waals surface area contributed by atoms with Crippen LogP contribution in [0.15, 0.2) is 42.5 Å². The number of hydrogen-bond donors (Lipinski definition) is 3. The van der Waals surface area contributed by atoms with Gasteiger partial charge in [0.25, 0.3) is 0 Å². The minimum Gasteiger partial charge on any atom is -0.496 e. The number of nitrogens with two attached hydrogens (primary N) is 1. The van der Waals surface area contributed by atoms with Crippen LogP contribution in [-0.4, -0.2) is 47.4 Å². The van der Waals surface area contributed by atoms with Crippen LogP contribution >= 0.6 is 0 Å². The minimum atomic E-state index is 0.271. The Hall–Kier alpha value is -3.36. The minimum absolute atomic E-state index is 0.271. The van der Waals surface area contributed by atoms with Crippen molar-refractivity contribution < 1.29 is 9.47 Å². The molecule has 0 bridgehead atoms. The molecule has 8 heteroatoms. The third-order valence-electron chi connectivity index (χ3n) is 6.50. The van der Waals surface area contributed by atoms with Gasteiger partial charge in [0.1, 0.15) is 16.8 Å². The molecule has 8 nitrogen and oxygen atoms in total. The van der Waals surface area contributed by atoms with Crippen LogP contribution in [0.25, 0.3) is 21.9 Å². The van der Waals surface area contributed by atoms with E-state index in [1.807, 2.05) is 6.07 Å². The summed E-state index contributed by atoms with van der Waals surface area (Å²) in [5.41, 5.74) is 11.3. The molecule has 184 valence electrons. The van der Waals surface area contributed by atoms with Crippen LogP contribution in [0.1, 0.15) is 31.4 Å². The number of nitrogen functional groups attached to an aromatic ring is 1. The van der Waals surface area contributed by atoms with E-state index in [9.17, 15) is 0 Å². The van der Waals surface area contributed by atoms with Gasteiger partial charge < -0.3 is 30.4 Å². The molecule has 5 rings (SSSR count). The summed E-state index contributed by atoms with van der Waals surface area (Å²) >= 11 is 0. The number of nitrogens with zero attached hydrogens (tertiary/aromatic N) is 3. The molecule has 0 saturated carbocycles. The molecule has 4 aromatic rings. The number of benzene rings is 2. The van der Waals surface area contributed by atoms with Gasteiger partial charge in [0.15, 0.2) is 5.82 Å². The highest BCUT2D eigenvalue weighted by Crippen LogP contribution is 2.34. The van der Waals surface area contributed by atoms with E-state index in [0.717, 1.165) is 71.8 Å². The van der Waals surface area contributed by atoms with E-state index in [2.05, 4.69) is 75.4 Å².